The van der Waals surface area contributed by atoms with Gasteiger partial charge in [-0.1, -0.05) is 18.3 Å². The van der Waals surface area contributed by atoms with Gasteiger partial charge in [-0.15, -0.1) is 0 Å². The summed E-state index contributed by atoms with van der Waals surface area (Å²) in [5, 5.41) is 32.0. The van der Waals surface area contributed by atoms with Crippen molar-refractivity contribution in [3.63, 3.8) is 0 Å². The summed E-state index contributed by atoms with van der Waals surface area (Å²) in [6.45, 7) is -0.261. The number of carbonyl (C=O) groups is 2. The number of amides is 1. The van der Waals surface area contributed by atoms with E-state index in [1.807, 2.05) is 7.05 Å². The van der Waals surface area contributed by atoms with Gasteiger partial charge in [0, 0.05) is 13.1 Å². The molecule has 1 amide bonds. The summed E-state index contributed by atoms with van der Waals surface area (Å²) in [5.74, 6) is -2.13. The lowest BCUT2D eigenvalue weighted by Crippen LogP contribution is -2.57. The predicted octanol–water partition coefficient (Wildman–Crippen LogP) is -1.47. The molecule has 5 rings (SSSR count). The number of aromatic carboxylic acids is 1. The highest BCUT2D eigenvalue weighted by molar-refractivity contribution is 6.62. The van der Waals surface area contributed by atoms with Crippen molar-refractivity contribution in [3.05, 3.63) is 23.3 Å². The Morgan fingerprint density at radius 1 is 1.29 bits per heavy atom. The maximum atomic E-state index is 12.5. The van der Waals surface area contributed by atoms with E-state index in [4.69, 9.17) is 14.1 Å². The van der Waals surface area contributed by atoms with Crippen molar-refractivity contribution in [2.45, 2.75) is 36.8 Å². The Balaban J connectivity index is 1.24. The molecular formula is C20H25BN2O8-2. The normalized spacial score (nSPS) is 29.3. The fourth-order valence-corrected chi connectivity index (χ4v) is 4.81. The topological polar surface area (TPSA) is 132 Å². The van der Waals surface area contributed by atoms with Gasteiger partial charge in [-0.3, -0.25) is 4.79 Å². The standard InChI is InChI=1S/C20H26BN2O8/c1-22-4-5-29-11(8-22)6-17(24)23-9-12(10-23)30-16-3-2-13-14-7-15(14)21(27,28)31-19(13)18(16)20(25)26/h2-3,11-12,14-15,27-28H,4-10H2,1H3,(H,25,26)/q-1/p-1/t11-,14+,15+/m1/s1. The lowest BCUT2D eigenvalue weighted by Gasteiger charge is -2.41. The average Bonchev–Trinajstić information content (AvgIpc) is 3.45. The van der Waals surface area contributed by atoms with Crippen molar-refractivity contribution in [3.8, 4) is 11.5 Å². The van der Waals surface area contributed by atoms with Crippen LogP contribution in [0.4, 0.5) is 0 Å². The zero-order valence-corrected chi connectivity index (χ0v) is 17.2. The lowest BCUT2D eigenvalue weighted by atomic mass is 9.68. The van der Waals surface area contributed by atoms with E-state index in [0.29, 0.717) is 44.6 Å². The molecule has 0 radical (unpaired) electrons. The molecule has 0 aromatic heterocycles. The second kappa shape index (κ2) is 7.37. The lowest BCUT2D eigenvalue weighted by molar-refractivity contribution is -0.255. The van der Waals surface area contributed by atoms with E-state index < -0.39 is 18.5 Å². The summed E-state index contributed by atoms with van der Waals surface area (Å²) in [4.78, 5) is 28.1. The molecule has 10 nitrogen and oxygen atoms in total. The number of likely N-dealkylation sites (N-methyl/N-ethyl adjacent to an activating group) is 1. The number of rotatable bonds is 5. The van der Waals surface area contributed by atoms with E-state index in [1.165, 1.54) is 0 Å². The van der Waals surface area contributed by atoms with E-state index in [2.05, 4.69) is 4.90 Å². The first-order valence-electron chi connectivity index (χ1n) is 10.6. The van der Waals surface area contributed by atoms with Gasteiger partial charge in [0.2, 0.25) is 5.91 Å². The van der Waals surface area contributed by atoms with Crippen molar-refractivity contribution in [2.75, 3.05) is 39.8 Å². The van der Waals surface area contributed by atoms with Crippen LogP contribution < -0.4 is 14.5 Å². The summed E-state index contributed by atoms with van der Waals surface area (Å²) in [7, 11) is 1.99. The molecule has 0 bridgehead atoms. The molecule has 0 unspecified atom stereocenters. The molecule has 2 saturated heterocycles. The van der Waals surface area contributed by atoms with Gasteiger partial charge in [-0.2, -0.15) is 0 Å². The Bertz CT molecular complexity index is 919. The molecule has 2 N–H and O–H groups in total. The third-order valence-electron chi connectivity index (χ3n) is 6.68. The van der Waals surface area contributed by atoms with Gasteiger partial charge in [0.15, 0.2) is 0 Å². The molecule has 3 fully saturated rings. The molecule has 31 heavy (non-hydrogen) atoms. The third kappa shape index (κ3) is 3.75. The maximum absolute atomic E-state index is 12.5. The van der Waals surface area contributed by atoms with Crippen molar-refractivity contribution in [2.24, 2.45) is 0 Å². The quantitative estimate of drug-likeness (QED) is 0.536. The monoisotopic (exact) mass is 432 g/mol. The third-order valence-corrected chi connectivity index (χ3v) is 6.68. The number of fused-ring (bicyclic) bond motifs is 3. The minimum Gasteiger partial charge on any atom is -0.669 e. The van der Waals surface area contributed by atoms with Crippen molar-refractivity contribution in [1.29, 1.82) is 0 Å². The number of hydrogen-bond donors (Lipinski definition) is 2. The molecule has 3 heterocycles. The van der Waals surface area contributed by atoms with Crippen LogP contribution in [0, 0.1) is 0 Å². The number of morpholine rings is 1. The van der Waals surface area contributed by atoms with Gasteiger partial charge >= 0.3 is 6.75 Å². The Kier molecular flexibility index (Phi) is 4.89. The largest absolute Gasteiger partial charge is 0.669 e. The van der Waals surface area contributed by atoms with Crippen LogP contribution in [0.25, 0.3) is 0 Å². The van der Waals surface area contributed by atoms with Gasteiger partial charge in [0.05, 0.1) is 49.5 Å². The molecule has 4 aliphatic rings. The fraction of sp³-hybridized carbons (Fsp3) is 0.600. The van der Waals surface area contributed by atoms with Gasteiger partial charge in [-0.25, -0.2) is 0 Å². The molecule has 1 aliphatic carbocycles. The highest BCUT2D eigenvalue weighted by Crippen LogP contribution is 2.63. The van der Waals surface area contributed by atoms with Crippen LogP contribution in [0.15, 0.2) is 12.1 Å². The van der Waals surface area contributed by atoms with E-state index in [-0.39, 0.29) is 41.1 Å². The van der Waals surface area contributed by atoms with Gasteiger partial charge < -0.3 is 43.9 Å². The molecule has 168 valence electrons. The molecule has 11 heteroatoms. The average molecular weight is 432 g/mol. The van der Waals surface area contributed by atoms with E-state index >= 15 is 0 Å². The van der Waals surface area contributed by atoms with Crippen molar-refractivity contribution >= 4 is 18.6 Å². The van der Waals surface area contributed by atoms with Crippen LogP contribution in [0.3, 0.4) is 0 Å². The number of nitrogens with zero attached hydrogens (tertiary/aromatic N) is 2. The number of benzene rings is 1. The molecule has 1 aromatic carbocycles. The molecule has 0 spiro atoms. The number of carbonyl (C=O) groups excluding carboxylic acids is 2. The number of likely N-dealkylation sites (tertiary alicyclic amines) is 1. The SMILES string of the molecule is CN1CCO[C@H](CC(=O)N2CC(Oc3ccc4c(c3C(=O)[O-])O[B-](O)(O)[C@H]3C[C@@H]43)C2)C1. The first-order chi connectivity index (χ1) is 14.7. The minimum absolute atomic E-state index is 0.0260. The minimum atomic E-state index is -3.11. The highest BCUT2D eigenvalue weighted by atomic mass is 16.6. The number of carboxylic acid groups (broad SMARTS) is 1. The Hall–Kier alpha value is -2.34. The summed E-state index contributed by atoms with van der Waals surface area (Å²) in [6.07, 6.45) is 0.339. The number of carboxylic acids is 1. The summed E-state index contributed by atoms with van der Waals surface area (Å²) >= 11 is 0. The summed E-state index contributed by atoms with van der Waals surface area (Å²) < 4.78 is 16.7. The smallest absolute Gasteiger partial charge is 0.434 e. The van der Waals surface area contributed by atoms with Crippen molar-refractivity contribution in [1.82, 2.24) is 9.80 Å². The Morgan fingerprint density at radius 3 is 2.77 bits per heavy atom. The van der Waals surface area contributed by atoms with Crippen molar-refractivity contribution < 1.29 is 38.9 Å². The van der Waals surface area contributed by atoms with Crippen LogP contribution in [-0.4, -0.2) is 90.5 Å². The first kappa shape index (κ1) is 20.6. The van der Waals surface area contributed by atoms with E-state index in [1.54, 1.807) is 17.0 Å². The Morgan fingerprint density at radius 2 is 2.06 bits per heavy atom. The molecular weight excluding hydrogens is 407 g/mol. The van der Waals surface area contributed by atoms with Crippen LogP contribution in [-0.2, 0) is 9.53 Å². The predicted molar refractivity (Wildman–Crippen MR) is 106 cm³/mol. The molecule has 3 aliphatic heterocycles. The molecule has 1 aromatic rings. The van der Waals surface area contributed by atoms with Crippen LogP contribution in [0.5, 0.6) is 11.5 Å². The van der Waals surface area contributed by atoms with Gasteiger partial charge in [-0.05, 0) is 24.6 Å². The molecule has 1 saturated carbocycles. The first-order valence-corrected chi connectivity index (χ1v) is 10.6. The Labute approximate surface area is 179 Å². The zero-order valence-electron chi connectivity index (χ0n) is 17.2. The van der Waals surface area contributed by atoms with E-state index in [9.17, 15) is 24.7 Å². The number of ether oxygens (including phenoxy) is 2. The fourth-order valence-electron chi connectivity index (χ4n) is 4.81. The van der Waals surface area contributed by atoms with E-state index in [0.717, 1.165) is 6.54 Å². The van der Waals surface area contributed by atoms with Crippen LogP contribution in [0.1, 0.15) is 34.7 Å². The second-order valence-electron chi connectivity index (χ2n) is 9.03. The second-order valence-corrected chi connectivity index (χ2v) is 9.03. The summed E-state index contributed by atoms with van der Waals surface area (Å²) in [5.41, 5.74) is 0.306. The zero-order chi connectivity index (χ0) is 21.9. The van der Waals surface area contributed by atoms with Crippen LogP contribution in [0.2, 0.25) is 5.82 Å². The molecule has 3 atom stereocenters. The maximum Gasteiger partial charge on any atom is 0.434 e. The summed E-state index contributed by atoms with van der Waals surface area (Å²) in [6, 6.07) is 3.25. The highest BCUT2D eigenvalue weighted by Gasteiger charge is 2.55. The van der Waals surface area contributed by atoms with Gasteiger partial charge in [0.25, 0.3) is 0 Å². The number of hydrogen-bond acceptors (Lipinski definition) is 9. The van der Waals surface area contributed by atoms with Crippen LogP contribution >= 0.6 is 0 Å². The van der Waals surface area contributed by atoms with Gasteiger partial charge in [0.1, 0.15) is 11.9 Å².